The summed E-state index contributed by atoms with van der Waals surface area (Å²) >= 11 is 0. The molecule has 13 heteroatoms. The number of aromatic nitrogens is 5. The molecule has 1 unspecified atom stereocenters. The third kappa shape index (κ3) is 4.25. The zero-order valence-corrected chi connectivity index (χ0v) is 18.7. The molecule has 11 nitrogen and oxygen atoms in total. The number of nitrogens with zero attached hydrogens (tertiary/aromatic N) is 10. The van der Waals surface area contributed by atoms with Crippen molar-refractivity contribution < 1.29 is 13.6 Å². The minimum atomic E-state index is -0.603. The number of nitriles is 1. The first-order valence-corrected chi connectivity index (χ1v) is 10.9. The van der Waals surface area contributed by atoms with Crippen LogP contribution in [0.15, 0.2) is 35.8 Å². The predicted octanol–water partition coefficient (Wildman–Crippen LogP) is 2.10. The molecule has 0 N–H and O–H groups in total. The van der Waals surface area contributed by atoms with Crippen LogP contribution in [0.4, 0.5) is 19.5 Å². The van der Waals surface area contributed by atoms with E-state index >= 15 is 0 Å². The van der Waals surface area contributed by atoms with Gasteiger partial charge in [-0.25, -0.2) is 38.2 Å². The lowest BCUT2D eigenvalue weighted by molar-refractivity contribution is 0.139. The monoisotopic (exact) mass is 478 g/mol. The Morgan fingerprint density at radius 2 is 1.94 bits per heavy atom. The molecule has 2 aliphatic heterocycles. The van der Waals surface area contributed by atoms with Gasteiger partial charge in [-0.05, 0) is 23.8 Å². The molecule has 0 spiro atoms. The summed E-state index contributed by atoms with van der Waals surface area (Å²) in [6.07, 6.45) is 4.45. The fourth-order valence-electron chi connectivity index (χ4n) is 4.16. The number of rotatable bonds is 3. The average molecular weight is 478 g/mol. The van der Waals surface area contributed by atoms with Crippen molar-refractivity contribution in [3.05, 3.63) is 53.5 Å². The van der Waals surface area contributed by atoms with Crippen LogP contribution < -0.4 is 4.90 Å². The van der Waals surface area contributed by atoms with E-state index in [0.29, 0.717) is 44.1 Å². The molecule has 0 radical (unpaired) electrons. The van der Waals surface area contributed by atoms with Crippen molar-refractivity contribution in [1.29, 1.82) is 5.26 Å². The van der Waals surface area contributed by atoms with Crippen LogP contribution in [0.25, 0.3) is 11.5 Å². The van der Waals surface area contributed by atoms with Gasteiger partial charge in [-0.1, -0.05) is 0 Å². The van der Waals surface area contributed by atoms with Gasteiger partial charge in [0.15, 0.2) is 11.6 Å². The van der Waals surface area contributed by atoms with Gasteiger partial charge in [-0.15, -0.1) is 0 Å². The molecule has 2 aliphatic rings. The topological polar surface area (TPSA) is 119 Å². The number of anilines is 1. The number of amides is 2. The van der Waals surface area contributed by atoms with Crippen molar-refractivity contribution >= 4 is 18.2 Å². The third-order valence-corrected chi connectivity index (χ3v) is 5.95. The number of hydrogen-bond donors (Lipinski definition) is 0. The SMILES string of the molecule is Cn1ncnc1-c1nc(N2CCN(C(=O)N3N=CCC3c3cc(F)cc(C#N)c3)CC2)ncc1F. The molecule has 1 fully saturated rings. The molecule has 2 aromatic heterocycles. The molecular weight excluding hydrogens is 458 g/mol. The number of benzene rings is 1. The number of aryl methyl sites for hydroxylation is 1. The summed E-state index contributed by atoms with van der Waals surface area (Å²) in [5, 5.41) is 18.6. The summed E-state index contributed by atoms with van der Waals surface area (Å²) in [6.45, 7) is 1.58. The molecule has 1 atom stereocenters. The fraction of sp³-hybridized carbons (Fsp3) is 0.318. The predicted molar refractivity (Wildman–Crippen MR) is 120 cm³/mol. The number of carbonyl (C=O) groups excluding carboxylic acids is 1. The average Bonchev–Trinajstić information content (AvgIpc) is 3.53. The van der Waals surface area contributed by atoms with Crippen LogP contribution in [0.3, 0.4) is 0 Å². The van der Waals surface area contributed by atoms with E-state index in [1.54, 1.807) is 24.2 Å². The Labute approximate surface area is 198 Å². The lowest BCUT2D eigenvalue weighted by Gasteiger charge is -2.37. The Balaban J connectivity index is 1.28. The van der Waals surface area contributed by atoms with Gasteiger partial charge in [0.25, 0.3) is 0 Å². The van der Waals surface area contributed by atoms with Crippen LogP contribution in [-0.2, 0) is 7.05 Å². The van der Waals surface area contributed by atoms with E-state index in [1.807, 2.05) is 11.0 Å². The molecule has 2 amide bonds. The third-order valence-electron chi connectivity index (χ3n) is 5.95. The maximum absolute atomic E-state index is 14.3. The van der Waals surface area contributed by atoms with Gasteiger partial charge in [0.2, 0.25) is 5.95 Å². The van der Waals surface area contributed by atoms with Gasteiger partial charge in [-0.2, -0.15) is 15.5 Å². The molecule has 1 aromatic carbocycles. The lowest BCUT2D eigenvalue weighted by Crippen LogP contribution is -2.52. The number of hydrogen-bond acceptors (Lipinski definition) is 8. The molecule has 178 valence electrons. The minimum Gasteiger partial charge on any atom is -0.337 e. The second-order valence-electron chi connectivity index (χ2n) is 8.11. The zero-order valence-electron chi connectivity index (χ0n) is 18.7. The zero-order chi connectivity index (χ0) is 24.5. The Morgan fingerprint density at radius 1 is 1.14 bits per heavy atom. The van der Waals surface area contributed by atoms with E-state index < -0.39 is 17.7 Å². The molecule has 0 saturated carbocycles. The highest BCUT2D eigenvalue weighted by atomic mass is 19.1. The summed E-state index contributed by atoms with van der Waals surface area (Å²) < 4.78 is 29.7. The Morgan fingerprint density at radius 3 is 2.66 bits per heavy atom. The maximum atomic E-state index is 14.3. The summed E-state index contributed by atoms with van der Waals surface area (Å²) in [5.74, 6) is -0.521. The lowest BCUT2D eigenvalue weighted by atomic mass is 10.0. The van der Waals surface area contributed by atoms with Crippen LogP contribution in [0.1, 0.15) is 23.6 Å². The Hall–Kier alpha value is -4.47. The van der Waals surface area contributed by atoms with Crippen LogP contribution in [0.2, 0.25) is 0 Å². The second-order valence-corrected chi connectivity index (χ2v) is 8.11. The van der Waals surface area contributed by atoms with Crippen molar-refractivity contribution in [2.45, 2.75) is 12.5 Å². The Bertz CT molecular complexity index is 1340. The van der Waals surface area contributed by atoms with Crippen LogP contribution in [-0.4, -0.2) is 73.1 Å². The molecule has 0 bridgehead atoms. The largest absolute Gasteiger partial charge is 0.341 e. The molecule has 5 rings (SSSR count). The summed E-state index contributed by atoms with van der Waals surface area (Å²) in [5.41, 5.74) is 0.754. The molecule has 4 heterocycles. The van der Waals surface area contributed by atoms with Crippen LogP contribution in [0, 0.1) is 23.0 Å². The number of piperazine rings is 1. The van der Waals surface area contributed by atoms with Gasteiger partial charge < -0.3 is 9.80 Å². The minimum absolute atomic E-state index is 0.0505. The number of urea groups is 1. The van der Waals surface area contributed by atoms with Gasteiger partial charge in [0.05, 0.1) is 23.9 Å². The van der Waals surface area contributed by atoms with E-state index in [2.05, 4.69) is 25.2 Å². The van der Waals surface area contributed by atoms with Crippen molar-refractivity contribution in [3.8, 4) is 17.6 Å². The van der Waals surface area contributed by atoms with E-state index in [-0.39, 0.29) is 23.1 Å². The Kier molecular flexibility index (Phi) is 5.77. The van der Waals surface area contributed by atoms with Crippen molar-refractivity contribution in [3.63, 3.8) is 0 Å². The van der Waals surface area contributed by atoms with Crippen molar-refractivity contribution in [1.82, 2.24) is 34.6 Å². The smallest absolute Gasteiger partial charge is 0.337 e. The van der Waals surface area contributed by atoms with E-state index in [0.717, 1.165) is 12.3 Å². The molecule has 35 heavy (non-hydrogen) atoms. The number of carbonyl (C=O) groups is 1. The summed E-state index contributed by atoms with van der Waals surface area (Å²) in [7, 11) is 1.65. The van der Waals surface area contributed by atoms with Gasteiger partial charge in [0.1, 0.15) is 17.8 Å². The van der Waals surface area contributed by atoms with Gasteiger partial charge in [0, 0.05) is 45.9 Å². The molecule has 0 aliphatic carbocycles. The highest BCUT2D eigenvalue weighted by Gasteiger charge is 2.34. The highest BCUT2D eigenvalue weighted by molar-refractivity contribution is 5.79. The summed E-state index contributed by atoms with van der Waals surface area (Å²) in [4.78, 5) is 29.2. The normalized spacial score (nSPS) is 17.7. The maximum Gasteiger partial charge on any atom is 0.341 e. The number of hydrazone groups is 1. The first-order valence-electron chi connectivity index (χ1n) is 10.9. The molecular formula is C22H20F2N10O. The van der Waals surface area contributed by atoms with E-state index in [4.69, 9.17) is 5.26 Å². The van der Waals surface area contributed by atoms with E-state index in [9.17, 15) is 13.6 Å². The first-order chi connectivity index (χ1) is 16.9. The standard InChI is InChI=1S/C22H20F2N10O/c1-31-20(27-13-29-31)19-17(24)12-26-21(30-19)32-4-6-33(7-5-32)22(35)34-18(2-3-28-34)15-8-14(11-25)9-16(23)10-15/h3,8-10,12-13,18H,2,4-7H2,1H3. The summed E-state index contributed by atoms with van der Waals surface area (Å²) in [6, 6.07) is 5.17. The van der Waals surface area contributed by atoms with E-state index in [1.165, 1.54) is 22.1 Å². The highest BCUT2D eigenvalue weighted by Crippen LogP contribution is 2.31. The van der Waals surface area contributed by atoms with Crippen LogP contribution in [0.5, 0.6) is 0 Å². The van der Waals surface area contributed by atoms with Gasteiger partial charge >= 0.3 is 6.03 Å². The number of halogens is 2. The van der Waals surface area contributed by atoms with Crippen LogP contribution >= 0.6 is 0 Å². The second kappa shape index (κ2) is 9.05. The molecule has 1 saturated heterocycles. The fourth-order valence-corrected chi connectivity index (χ4v) is 4.16. The quantitative estimate of drug-likeness (QED) is 0.565. The molecule has 3 aromatic rings. The van der Waals surface area contributed by atoms with Gasteiger partial charge in [-0.3, -0.25) is 0 Å². The first kappa shape index (κ1) is 22.3. The van der Waals surface area contributed by atoms with Crippen molar-refractivity contribution in [2.24, 2.45) is 12.1 Å². The van der Waals surface area contributed by atoms with Crippen molar-refractivity contribution in [2.75, 3.05) is 31.1 Å².